The second kappa shape index (κ2) is 5.25. The molecular weight excluding hydrogens is 331 g/mol. The van der Waals surface area contributed by atoms with E-state index in [-0.39, 0.29) is 29.3 Å². The molecule has 3 nitrogen and oxygen atoms in total. The largest absolute Gasteiger partial charge is 0.381 e. The van der Waals surface area contributed by atoms with Crippen molar-refractivity contribution in [1.29, 1.82) is 0 Å². The van der Waals surface area contributed by atoms with Gasteiger partial charge in [-0.3, -0.25) is 9.59 Å². The summed E-state index contributed by atoms with van der Waals surface area (Å²) in [4.78, 5) is 24.2. The highest BCUT2D eigenvalue weighted by Gasteiger charge is 2.66. The van der Waals surface area contributed by atoms with Crippen LogP contribution in [0.15, 0.2) is 35.5 Å². The third-order valence-corrected chi connectivity index (χ3v) is 8.05. The summed E-state index contributed by atoms with van der Waals surface area (Å²) in [6.45, 7) is 7.40. The van der Waals surface area contributed by atoms with Gasteiger partial charge in [-0.1, -0.05) is 31.6 Å². The highest BCUT2D eigenvalue weighted by molar-refractivity contribution is 6.01. The van der Waals surface area contributed by atoms with E-state index in [0.29, 0.717) is 18.4 Å². The molecule has 0 unspecified atom stereocenters. The summed E-state index contributed by atoms with van der Waals surface area (Å²) in [5, 5.41) is 11.3. The Kier molecular flexibility index (Phi) is 3.60. The number of hydrogen-bond acceptors (Lipinski definition) is 3. The van der Waals surface area contributed by atoms with Gasteiger partial charge in [-0.15, -0.1) is 0 Å². The van der Waals surface area contributed by atoms with Crippen LogP contribution in [0.1, 0.15) is 47.0 Å². The van der Waals surface area contributed by atoms with Gasteiger partial charge in [-0.25, -0.2) is 4.39 Å². The SMILES string of the molecule is CC(=O)[C@@]1(O)[C@@H](C)C[C@H]2[C@@H]3C[C@H](F)C4=CC(=O)C=C[C@]4(C)C3=CC[C@@]21C. The standard InChI is InChI=1S/C22H27FO3/c1-12-9-17-15-11-19(23)18-10-14(25)5-7-20(18,3)16(15)6-8-21(17,4)22(12,26)13(2)24/h5-7,10,12,15,17,19,26H,8-9,11H2,1-4H3/t12-,15+,17-,19-,20+,21-,22-/m0/s1. The Bertz CT molecular complexity index is 793. The summed E-state index contributed by atoms with van der Waals surface area (Å²) in [6, 6.07) is 0. The van der Waals surface area contributed by atoms with Gasteiger partial charge >= 0.3 is 0 Å². The average molecular weight is 358 g/mol. The second-order valence-corrected chi connectivity index (χ2v) is 9.19. The monoisotopic (exact) mass is 358 g/mol. The Morgan fingerprint density at radius 2 is 1.96 bits per heavy atom. The van der Waals surface area contributed by atoms with E-state index in [4.69, 9.17) is 0 Å². The highest BCUT2D eigenvalue weighted by Crippen LogP contribution is 2.66. The first kappa shape index (κ1) is 17.8. The smallest absolute Gasteiger partial charge is 0.178 e. The Balaban J connectivity index is 1.84. The van der Waals surface area contributed by atoms with E-state index in [1.807, 2.05) is 26.8 Å². The van der Waals surface area contributed by atoms with Gasteiger partial charge in [0.05, 0.1) is 0 Å². The molecular formula is C22H27FO3. The number of alkyl halides is 1. The summed E-state index contributed by atoms with van der Waals surface area (Å²) in [5.74, 6) is -0.433. The first-order valence-electron chi connectivity index (χ1n) is 9.59. The normalized spacial score (nSPS) is 49.7. The van der Waals surface area contributed by atoms with E-state index in [2.05, 4.69) is 6.08 Å². The number of carbonyl (C=O) groups is 2. The van der Waals surface area contributed by atoms with Gasteiger partial charge in [0, 0.05) is 10.8 Å². The summed E-state index contributed by atoms with van der Waals surface area (Å²) in [5.41, 5.74) is -0.788. The Morgan fingerprint density at radius 3 is 2.62 bits per heavy atom. The Morgan fingerprint density at radius 1 is 1.27 bits per heavy atom. The van der Waals surface area contributed by atoms with Crippen LogP contribution in [0, 0.1) is 28.6 Å². The number of halogens is 1. The number of rotatable bonds is 1. The molecule has 4 aliphatic rings. The zero-order chi connectivity index (χ0) is 19.1. The summed E-state index contributed by atoms with van der Waals surface area (Å²) >= 11 is 0. The molecule has 0 saturated heterocycles. The van der Waals surface area contributed by atoms with Crippen molar-refractivity contribution < 1.29 is 19.1 Å². The van der Waals surface area contributed by atoms with Crippen LogP contribution in [0.2, 0.25) is 0 Å². The van der Waals surface area contributed by atoms with Gasteiger partial charge in [0.15, 0.2) is 11.6 Å². The van der Waals surface area contributed by atoms with Crippen LogP contribution < -0.4 is 0 Å². The maximum absolute atomic E-state index is 15.1. The summed E-state index contributed by atoms with van der Waals surface area (Å²) < 4.78 is 15.1. The average Bonchev–Trinajstić information content (AvgIpc) is 2.78. The van der Waals surface area contributed by atoms with E-state index in [1.54, 1.807) is 0 Å². The van der Waals surface area contributed by atoms with Gasteiger partial charge in [0.2, 0.25) is 0 Å². The molecule has 0 bridgehead atoms. The molecule has 0 aromatic rings. The Hall–Kier alpha value is -1.55. The van der Waals surface area contributed by atoms with Crippen LogP contribution in [0.4, 0.5) is 4.39 Å². The van der Waals surface area contributed by atoms with Crippen LogP contribution in [-0.4, -0.2) is 28.4 Å². The molecule has 4 aliphatic carbocycles. The van der Waals surface area contributed by atoms with Crippen molar-refractivity contribution in [2.24, 2.45) is 28.6 Å². The van der Waals surface area contributed by atoms with Gasteiger partial charge < -0.3 is 5.11 Å². The van der Waals surface area contributed by atoms with Crippen molar-refractivity contribution in [3.05, 3.63) is 35.5 Å². The molecule has 0 aromatic carbocycles. The number of fused-ring (bicyclic) bond motifs is 5. The molecule has 0 amide bonds. The molecule has 26 heavy (non-hydrogen) atoms. The lowest BCUT2D eigenvalue weighted by Crippen LogP contribution is -2.56. The summed E-state index contributed by atoms with van der Waals surface area (Å²) in [6.07, 6.45) is 7.44. The number of hydrogen-bond donors (Lipinski definition) is 1. The van der Waals surface area contributed by atoms with Crippen molar-refractivity contribution in [3.8, 4) is 0 Å². The third-order valence-electron chi connectivity index (χ3n) is 8.05. The van der Waals surface area contributed by atoms with Crippen LogP contribution in [0.3, 0.4) is 0 Å². The van der Waals surface area contributed by atoms with Crippen molar-refractivity contribution in [2.45, 2.75) is 58.7 Å². The van der Waals surface area contributed by atoms with Crippen molar-refractivity contribution >= 4 is 11.6 Å². The molecule has 0 aromatic heterocycles. The molecule has 4 rings (SSSR count). The topological polar surface area (TPSA) is 54.4 Å². The zero-order valence-corrected chi connectivity index (χ0v) is 15.9. The molecule has 0 heterocycles. The van der Waals surface area contributed by atoms with Gasteiger partial charge in [0.1, 0.15) is 11.8 Å². The molecule has 1 N–H and O–H groups in total. The van der Waals surface area contributed by atoms with Crippen LogP contribution in [0.25, 0.3) is 0 Å². The molecule has 2 fully saturated rings. The third kappa shape index (κ3) is 1.91. The lowest BCUT2D eigenvalue weighted by atomic mass is 9.51. The van der Waals surface area contributed by atoms with E-state index in [1.165, 1.54) is 19.1 Å². The number of ketones is 2. The van der Waals surface area contributed by atoms with Crippen LogP contribution in [0.5, 0.6) is 0 Å². The van der Waals surface area contributed by atoms with E-state index in [9.17, 15) is 14.7 Å². The zero-order valence-electron chi connectivity index (χ0n) is 15.9. The predicted molar refractivity (Wildman–Crippen MR) is 97.0 cm³/mol. The second-order valence-electron chi connectivity index (χ2n) is 9.19. The maximum Gasteiger partial charge on any atom is 0.178 e. The molecule has 4 heteroatoms. The lowest BCUT2D eigenvalue weighted by Gasteiger charge is -2.54. The van der Waals surface area contributed by atoms with Crippen molar-refractivity contribution in [3.63, 3.8) is 0 Å². The fraction of sp³-hybridized carbons (Fsp3) is 0.636. The van der Waals surface area contributed by atoms with Crippen molar-refractivity contribution in [1.82, 2.24) is 0 Å². The molecule has 0 spiro atoms. The molecule has 0 radical (unpaired) electrons. The minimum absolute atomic E-state index is 0.0143. The van der Waals surface area contributed by atoms with Gasteiger partial charge in [0.25, 0.3) is 0 Å². The van der Waals surface area contributed by atoms with Crippen LogP contribution >= 0.6 is 0 Å². The van der Waals surface area contributed by atoms with Gasteiger partial charge in [-0.2, -0.15) is 0 Å². The molecule has 7 atom stereocenters. The fourth-order valence-electron chi connectivity index (χ4n) is 6.62. The molecule has 2 saturated carbocycles. The molecule has 0 aliphatic heterocycles. The number of aliphatic hydroxyl groups is 1. The highest BCUT2D eigenvalue weighted by atomic mass is 19.1. The first-order chi connectivity index (χ1) is 12.1. The quantitative estimate of drug-likeness (QED) is 0.727. The van der Waals surface area contributed by atoms with E-state index >= 15 is 4.39 Å². The van der Waals surface area contributed by atoms with Crippen LogP contribution in [-0.2, 0) is 9.59 Å². The fourth-order valence-corrected chi connectivity index (χ4v) is 6.62. The minimum atomic E-state index is -1.36. The number of Topliss-reactive ketones (excluding diaryl/α,β-unsaturated/α-hetero) is 1. The van der Waals surface area contributed by atoms with E-state index in [0.717, 1.165) is 12.0 Å². The first-order valence-corrected chi connectivity index (χ1v) is 9.59. The number of allylic oxidation sites excluding steroid dienone is 6. The van der Waals surface area contributed by atoms with E-state index < -0.39 is 22.6 Å². The minimum Gasteiger partial charge on any atom is -0.381 e. The number of carbonyl (C=O) groups excluding carboxylic acids is 2. The van der Waals surface area contributed by atoms with Gasteiger partial charge in [-0.05, 0) is 68.6 Å². The lowest BCUT2D eigenvalue weighted by molar-refractivity contribution is -0.156. The summed E-state index contributed by atoms with van der Waals surface area (Å²) in [7, 11) is 0. The molecule has 140 valence electrons. The predicted octanol–water partition coefficient (Wildman–Crippen LogP) is 3.73. The van der Waals surface area contributed by atoms with Crippen molar-refractivity contribution in [2.75, 3.05) is 0 Å². The maximum atomic E-state index is 15.1. The Labute approximate surface area is 154 Å².